The molecule has 2 rings (SSSR count). The topological polar surface area (TPSA) is 39.2 Å². The van der Waals surface area contributed by atoms with E-state index >= 15 is 0 Å². The number of hydrogen-bond acceptors (Lipinski definition) is 4. The summed E-state index contributed by atoms with van der Waals surface area (Å²) in [7, 11) is 0. The van der Waals surface area contributed by atoms with E-state index in [0.717, 1.165) is 16.3 Å². The lowest BCUT2D eigenvalue weighted by Crippen LogP contribution is -2.05. The molecular formula is C14H13Cl2NO2S. The van der Waals surface area contributed by atoms with Gasteiger partial charge in [0.05, 0.1) is 28.8 Å². The minimum absolute atomic E-state index is 0.210. The summed E-state index contributed by atoms with van der Waals surface area (Å²) in [6, 6.07) is 5.36. The zero-order valence-corrected chi connectivity index (χ0v) is 13.2. The van der Waals surface area contributed by atoms with E-state index < -0.39 is 0 Å². The number of ether oxygens (including phenoxy) is 1. The van der Waals surface area contributed by atoms with Crippen molar-refractivity contribution in [2.45, 2.75) is 19.8 Å². The lowest BCUT2D eigenvalue weighted by molar-refractivity contribution is -0.143. The highest BCUT2D eigenvalue weighted by Gasteiger charge is 2.13. The number of aryl methyl sites for hydroxylation is 1. The van der Waals surface area contributed by atoms with Crippen molar-refractivity contribution in [1.29, 1.82) is 0 Å². The molecule has 6 heteroatoms. The van der Waals surface area contributed by atoms with Crippen LogP contribution in [0, 0.1) is 0 Å². The lowest BCUT2D eigenvalue weighted by atomic mass is 10.2. The molecule has 0 saturated carbocycles. The molecule has 0 aliphatic rings. The monoisotopic (exact) mass is 329 g/mol. The molecule has 106 valence electrons. The largest absolute Gasteiger partial charge is 0.466 e. The summed E-state index contributed by atoms with van der Waals surface area (Å²) in [6.45, 7) is 2.19. The van der Waals surface area contributed by atoms with Gasteiger partial charge in [-0.2, -0.15) is 0 Å². The Morgan fingerprint density at radius 3 is 2.70 bits per heavy atom. The van der Waals surface area contributed by atoms with Crippen molar-refractivity contribution < 1.29 is 9.53 Å². The third-order valence-electron chi connectivity index (χ3n) is 2.62. The summed E-state index contributed by atoms with van der Waals surface area (Å²) in [4.78, 5) is 15.8. The molecule has 0 radical (unpaired) electrons. The molecule has 3 nitrogen and oxygen atoms in total. The second-order valence-electron chi connectivity index (χ2n) is 4.05. The minimum atomic E-state index is -0.210. The van der Waals surface area contributed by atoms with Gasteiger partial charge in [0, 0.05) is 17.4 Å². The third-order valence-corrected chi connectivity index (χ3v) is 4.16. The van der Waals surface area contributed by atoms with Crippen LogP contribution in [0.2, 0.25) is 10.0 Å². The molecule has 0 amide bonds. The Kier molecular flexibility index (Phi) is 5.40. The van der Waals surface area contributed by atoms with Gasteiger partial charge in [0.1, 0.15) is 5.01 Å². The third kappa shape index (κ3) is 3.72. The molecule has 0 aliphatic carbocycles. The molecule has 1 heterocycles. The first-order chi connectivity index (χ1) is 9.61. The van der Waals surface area contributed by atoms with Gasteiger partial charge in [-0.1, -0.05) is 29.3 Å². The number of esters is 1. The van der Waals surface area contributed by atoms with E-state index in [1.165, 1.54) is 11.3 Å². The zero-order valence-electron chi connectivity index (χ0n) is 10.9. The number of rotatable bonds is 5. The quantitative estimate of drug-likeness (QED) is 0.752. The Morgan fingerprint density at radius 2 is 2.05 bits per heavy atom. The van der Waals surface area contributed by atoms with Crippen molar-refractivity contribution >= 4 is 40.5 Å². The summed E-state index contributed by atoms with van der Waals surface area (Å²) in [5.74, 6) is -0.210. The second kappa shape index (κ2) is 7.07. The number of aromatic nitrogens is 1. The Morgan fingerprint density at radius 1 is 1.35 bits per heavy atom. The number of benzene rings is 1. The van der Waals surface area contributed by atoms with Crippen LogP contribution in [0.3, 0.4) is 0 Å². The van der Waals surface area contributed by atoms with Crippen molar-refractivity contribution in [1.82, 2.24) is 4.98 Å². The van der Waals surface area contributed by atoms with Gasteiger partial charge in [-0.25, -0.2) is 4.98 Å². The van der Waals surface area contributed by atoms with E-state index in [-0.39, 0.29) is 5.97 Å². The summed E-state index contributed by atoms with van der Waals surface area (Å²) in [6.07, 6.45) is 0.880. The number of hydrogen-bond donors (Lipinski definition) is 0. The maximum atomic E-state index is 11.3. The van der Waals surface area contributed by atoms with Gasteiger partial charge in [0.15, 0.2) is 0 Å². The van der Waals surface area contributed by atoms with E-state index in [2.05, 4.69) is 4.98 Å². The van der Waals surface area contributed by atoms with Crippen LogP contribution in [0.1, 0.15) is 19.0 Å². The lowest BCUT2D eigenvalue weighted by Gasteiger charge is -2.02. The predicted octanol–water partition coefficient (Wildman–Crippen LogP) is 4.61. The zero-order chi connectivity index (χ0) is 14.5. The highest BCUT2D eigenvalue weighted by Crippen LogP contribution is 2.36. The fraction of sp³-hybridized carbons (Fsp3) is 0.286. The molecule has 1 aromatic heterocycles. The van der Waals surface area contributed by atoms with Gasteiger partial charge >= 0.3 is 5.97 Å². The maximum absolute atomic E-state index is 11.3. The number of thiazole rings is 1. The first-order valence-corrected chi connectivity index (χ1v) is 7.79. The molecule has 0 atom stereocenters. The smallest absolute Gasteiger partial charge is 0.306 e. The van der Waals surface area contributed by atoms with Crippen LogP contribution in [-0.4, -0.2) is 17.6 Å². The van der Waals surface area contributed by atoms with E-state index in [0.29, 0.717) is 29.5 Å². The Bertz CT molecular complexity index is 593. The standard InChI is InChI=1S/C14H13Cl2NO2S/c1-2-19-12(18)7-6-9-8-20-14(17-9)13-10(15)4-3-5-11(13)16/h3-5,8H,2,6-7H2,1H3. The molecule has 0 saturated heterocycles. The van der Waals surface area contributed by atoms with Crippen LogP contribution in [0.15, 0.2) is 23.6 Å². The van der Waals surface area contributed by atoms with Crippen LogP contribution in [0.4, 0.5) is 0 Å². The first-order valence-electron chi connectivity index (χ1n) is 6.16. The SMILES string of the molecule is CCOC(=O)CCc1csc(-c2c(Cl)cccc2Cl)n1. The Labute approximate surface area is 131 Å². The first kappa shape index (κ1) is 15.3. The highest BCUT2D eigenvalue weighted by molar-refractivity contribution is 7.13. The van der Waals surface area contributed by atoms with Crippen molar-refractivity contribution in [2.24, 2.45) is 0 Å². The van der Waals surface area contributed by atoms with Crippen LogP contribution in [-0.2, 0) is 16.0 Å². The van der Waals surface area contributed by atoms with E-state index in [1.54, 1.807) is 25.1 Å². The van der Waals surface area contributed by atoms with Gasteiger partial charge in [-0.15, -0.1) is 11.3 Å². The fourth-order valence-corrected chi connectivity index (χ4v) is 3.32. The number of nitrogens with zero attached hydrogens (tertiary/aromatic N) is 1. The normalized spacial score (nSPS) is 10.6. The van der Waals surface area contributed by atoms with Gasteiger partial charge in [0.2, 0.25) is 0 Å². The molecule has 1 aromatic carbocycles. The molecule has 0 fully saturated rings. The molecule has 0 unspecified atom stereocenters. The molecule has 0 bridgehead atoms. The molecule has 2 aromatic rings. The fourth-order valence-electron chi connectivity index (χ4n) is 1.70. The van der Waals surface area contributed by atoms with Crippen molar-refractivity contribution in [2.75, 3.05) is 6.61 Å². The molecule has 0 N–H and O–H groups in total. The van der Waals surface area contributed by atoms with Crippen LogP contribution in [0.5, 0.6) is 0 Å². The molecule has 20 heavy (non-hydrogen) atoms. The number of carbonyl (C=O) groups excluding carboxylic acids is 1. The predicted molar refractivity (Wildman–Crippen MR) is 82.5 cm³/mol. The summed E-state index contributed by atoms with van der Waals surface area (Å²) in [5, 5.41) is 3.82. The Hall–Kier alpha value is -1.10. The van der Waals surface area contributed by atoms with Crippen molar-refractivity contribution in [3.05, 3.63) is 39.3 Å². The summed E-state index contributed by atoms with van der Waals surface area (Å²) in [5.41, 5.74) is 1.58. The average molecular weight is 330 g/mol. The van der Waals surface area contributed by atoms with Crippen molar-refractivity contribution in [3.8, 4) is 10.6 Å². The summed E-state index contributed by atoms with van der Waals surface area (Å²) >= 11 is 13.8. The average Bonchev–Trinajstić information content (AvgIpc) is 2.85. The minimum Gasteiger partial charge on any atom is -0.466 e. The van der Waals surface area contributed by atoms with Crippen molar-refractivity contribution in [3.63, 3.8) is 0 Å². The molecular weight excluding hydrogens is 317 g/mol. The van der Waals surface area contributed by atoms with Gasteiger partial charge < -0.3 is 4.74 Å². The maximum Gasteiger partial charge on any atom is 0.306 e. The second-order valence-corrected chi connectivity index (χ2v) is 5.72. The van der Waals surface area contributed by atoms with Crippen LogP contribution < -0.4 is 0 Å². The van der Waals surface area contributed by atoms with Gasteiger partial charge in [-0.05, 0) is 19.1 Å². The van der Waals surface area contributed by atoms with Gasteiger partial charge in [0.25, 0.3) is 0 Å². The van der Waals surface area contributed by atoms with E-state index in [1.807, 2.05) is 5.38 Å². The van der Waals surface area contributed by atoms with Crippen LogP contribution in [0.25, 0.3) is 10.6 Å². The van der Waals surface area contributed by atoms with E-state index in [9.17, 15) is 4.79 Å². The number of carbonyl (C=O) groups is 1. The molecule has 0 spiro atoms. The number of halogens is 2. The molecule has 0 aliphatic heterocycles. The van der Waals surface area contributed by atoms with E-state index in [4.69, 9.17) is 27.9 Å². The van der Waals surface area contributed by atoms with Gasteiger partial charge in [-0.3, -0.25) is 4.79 Å². The Balaban J connectivity index is 2.11. The van der Waals surface area contributed by atoms with Crippen LogP contribution >= 0.6 is 34.5 Å². The highest BCUT2D eigenvalue weighted by atomic mass is 35.5. The summed E-state index contributed by atoms with van der Waals surface area (Å²) < 4.78 is 4.89.